The van der Waals surface area contributed by atoms with Gasteiger partial charge >= 0.3 is 0 Å². The van der Waals surface area contributed by atoms with Gasteiger partial charge in [0.1, 0.15) is 0 Å². The maximum atomic E-state index is 5.40. The zero-order valence-electron chi connectivity index (χ0n) is 8.08. The molecule has 0 radical (unpaired) electrons. The Kier molecular flexibility index (Phi) is 6.38. The van der Waals surface area contributed by atoms with Crippen molar-refractivity contribution >= 4 is 6.21 Å². The third kappa shape index (κ3) is 4.91. The van der Waals surface area contributed by atoms with Gasteiger partial charge in [0, 0.05) is 13.3 Å². The summed E-state index contributed by atoms with van der Waals surface area (Å²) >= 11 is 0. The molecule has 0 rings (SSSR count). The van der Waals surface area contributed by atoms with Crippen LogP contribution in [0.25, 0.3) is 0 Å². The molecule has 70 valence electrons. The van der Waals surface area contributed by atoms with Crippen molar-refractivity contribution in [3.63, 3.8) is 0 Å². The zero-order valence-corrected chi connectivity index (χ0v) is 8.08. The van der Waals surface area contributed by atoms with E-state index < -0.39 is 0 Å². The molecule has 0 atom stereocenters. The zero-order chi connectivity index (χ0) is 9.40. The minimum atomic E-state index is 0.432. The lowest BCUT2D eigenvalue weighted by molar-refractivity contribution is 0.208. The maximum Gasteiger partial charge on any atom is 0.0658 e. The van der Waals surface area contributed by atoms with Gasteiger partial charge in [-0.05, 0) is 17.7 Å². The summed E-state index contributed by atoms with van der Waals surface area (Å²) in [4.78, 5) is 4.16. The standard InChI is InChI=1S/C9H18N2O/c1-8(2)9(6-10)7-11-4-5-12-3/h6-8H,4-5,10H2,1-3H3/b9-6+,11-7?. The number of methoxy groups -OCH3 is 1. The van der Waals surface area contributed by atoms with E-state index in [1.54, 1.807) is 13.3 Å². The Labute approximate surface area is 74.3 Å². The molecule has 0 aliphatic carbocycles. The summed E-state index contributed by atoms with van der Waals surface area (Å²) in [5.74, 6) is 0.432. The molecule has 0 amide bonds. The van der Waals surface area contributed by atoms with E-state index in [0.29, 0.717) is 19.1 Å². The fraction of sp³-hybridized carbons (Fsp3) is 0.667. The third-order valence-electron chi connectivity index (χ3n) is 1.52. The molecular formula is C9H18N2O. The van der Waals surface area contributed by atoms with Crippen LogP contribution >= 0.6 is 0 Å². The van der Waals surface area contributed by atoms with Gasteiger partial charge in [0.05, 0.1) is 13.2 Å². The van der Waals surface area contributed by atoms with Crippen LogP contribution in [0.5, 0.6) is 0 Å². The number of allylic oxidation sites excluding steroid dienone is 1. The van der Waals surface area contributed by atoms with Crippen LogP contribution < -0.4 is 5.73 Å². The Morgan fingerprint density at radius 1 is 1.58 bits per heavy atom. The Morgan fingerprint density at radius 2 is 2.25 bits per heavy atom. The first-order chi connectivity index (χ1) is 5.72. The van der Waals surface area contributed by atoms with E-state index >= 15 is 0 Å². The normalized spacial score (nSPS) is 13.2. The highest BCUT2D eigenvalue weighted by atomic mass is 16.5. The molecular weight excluding hydrogens is 152 g/mol. The van der Waals surface area contributed by atoms with Crippen LogP contribution in [0.3, 0.4) is 0 Å². The van der Waals surface area contributed by atoms with Crippen molar-refractivity contribution < 1.29 is 4.74 Å². The molecule has 0 aromatic carbocycles. The Morgan fingerprint density at radius 3 is 2.67 bits per heavy atom. The SMILES string of the molecule is COCCN=C/C(=C\N)C(C)C. The van der Waals surface area contributed by atoms with Crippen LogP contribution in [0.2, 0.25) is 0 Å². The largest absolute Gasteiger partial charge is 0.404 e. The first kappa shape index (κ1) is 11.2. The highest BCUT2D eigenvalue weighted by molar-refractivity contribution is 5.78. The van der Waals surface area contributed by atoms with Crippen molar-refractivity contribution in [2.24, 2.45) is 16.6 Å². The highest BCUT2D eigenvalue weighted by Crippen LogP contribution is 2.04. The summed E-state index contributed by atoms with van der Waals surface area (Å²) in [7, 11) is 1.66. The van der Waals surface area contributed by atoms with Crippen LogP contribution in [0.4, 0.5) is 0 Å². The van der Waals surface area contributed by atoms with Gasteiger partial charge < -0.3 is 10.5 Å². The molecule has 0 saturated carbocycles. The summed E-state index contributed by atoms with van der Waals surface area (Å²) in [5, 5.41) is 0. The number of hydrogen-bond acceptors (Lipinski definition) is 3. The van der Waals surface area contributed by atoms with E-state index in [4.69, 9.17) is 10.5 Å². The number of ether oxygens (including phenoxy) is 1. The molecule has 0 aromatic rings. The average molecular weight is 170 g/mol. The first-order valence-corrected chi connectivity index (χ1v) is 4.13. The molecule has 0 bridgehead atoms. The van der Waals surface area contributed by atoms with Crippen molar-refractivity contribution in [3.8, 4) is 0 Å². The lowest BCUT2D eigenvalue weighted by Gasteiger charge is -2.03. The maximum absolute atomic E-state index is 5.40. The van der Waals surface area contributed by atoms with Crippen LogP contribution in [0.15, 0.2) is 16.8 Å². The molecule has 0 unspecified atom stereocenters. The van der Waals surface area contributed by atoms with E-state index in [-0.39, 0.29) is 0 Å². The van der Waals surface area contributed by atoms with E-state index in [1.165, 1.54) is 0 Å². The molecule has 12 heavy (non-hydrogen) atoms. The fourth-order valence-corrected chi connectivity index (χ4v) is 0.699. The van der Waals surface area contributed by atoms with Crippen molar-refractivity contribution in [2.45, 2.75) is 13.8 Å². The molecule has 0 aromatic heterocycles. The number of nitrogens with zero attached hydrogens (tertiary/aromatic N) is 1. The van der Waals surface area contributed by atoms with E-state index in [0.717, 1.165) is 5.57 Å². The second kappa shape index (κ2) is 6.85. The number of nitrogens with two attached hydrogens (primary N) is 1. The predicted molar refractivity (Wildman–Crippen MR) is 52.3 cm³/mol. The van der Waals surface area contributed by atoms with Gasteiger partial charge in [-0.25, -0.2) is 0 Å². The number of aliphatic imine (C=N–C) groups is 1. The lowest BCUT2D eigenvalue weighted by Crippen LogP contribution is -2.01. The highest BCUT2D eigenvalue weighted by Gasteiger charge is 1.97. The molecule has 0 spiro atoms. The summed E-state index contributed by atoms with van der Waals surface area (Å²) in [6, 6.07) is 0. The number of hydrogen-bond donors (Lipinski definition) is 1. The van der Waals surface area contributed by atoms with Gasteiger partial charge in [0.2, 0.25) is 0 Å². The molecule has 0 aliphatic rings. The minimum Gasteiger partial charge on any atom is -0.404 e. The molecule has 2 N–H and O–H groups in total. The van der Waals surface area contributed by atoms with Gasteiger partial charge in [-0.1, -0.05) is 13.8 Å². The summed E-state index contributed by atoms with van der Waals surface area (Å²) in [6.45, 7) is 5.52. The Balaban J connectivity index is 3.79. The summed E-state index contributed by atoms with van der Waals surface area (Å²) < 4.78 is 4.85. The lowest BCUT2D eigenvalue weighted by atomic mass is 10.1. The van der Waals surface area contributed by atoms with Crippen molar-refractivity contribution in [3.05, 3.63) is 11.8 Å². The van der Waals surface area contributed by atoms with Gasteiger partial charge in [-0.3, -0.25) is 4.99 Å². The van der Waals surface area contributed by atoms with Crippen molar-refractivity contribution in [1.29, 1.82) is 0 Å². The fourth-order valence-electron chi connectivity index (χ4n) is 0.699. The molecule has 0 fully saturated rings. The molecule has 3 heteroatoms. The van der Waals surface area contributed by atoms with Crippen LogP contribution in [0.1, 0.15) is 13.8 Å². The average Bonchev–Trinajstić information content (AvgIpc) is 2.04. The minimum absolute atomic E-state index is 0.432. The van der Waals surface area contributed by atoms with Crippen molar-refractivity contribution in [1.82, 2.24) is 0 Å². The van der Waals surface area contributed by atoms with E-state index in [9.17, 15) is 0 Å². The molecule has 0 heterocycles. The Hall–Kier alpha value is -0.830. The smallest absolute Gasteiger partial charge is 0.0658 e. The topological polar surface area (TPSA) is 47.6 Å². The second-order valence-corrected chi connectivity index (χ2v) is 2.85. The summed E-state index contributed by atoms with van der Waals surface area (Å²) in [5.41, 5.74) is 6.47. The van der Waals surface area contributed by atoms with Gasteiger partial charge in [0.25, 0.3) is 0 Å². The summed E-state index contributed by atoms with van der Waals surface area (Å²) in [6.07, 6.45) is 3.41. The first-order valence-electron chi connectivity index (χ1n) is 4.13. The number of rotatable bonds is 5. The van der Waals surface area contributed by atoms with Gasteiger partial charge in [0.15, 0.2) is 0 Å². The van der Waals surface area contributed by atoms with Crippen LogP contribution in [0, 0.1) is 5.92 Å². The molecule has 3 nitrogen and oxygen atoms in total. The predicted octanol–water partition coefficient (Wildman–Crippen LogP) is 1.20. The van der Waals surface area contributed by atoms with E-state index in [2.05, 4.69) is 18.8 Å². The molecule has 0 aliphatic heterocycles. The van der Waals surface area contributed by atoms with Gasteiger partial charge in [-0.2, -0.15) is 0 Å². The quantitative estimate of drug-likeness (QED) is 0.498. The molecule has 0 saturated heterocycles. The van der Waals surface area contributed by atoms with Crippen LogP contribution in [-0.2, 0) is 4.74 Å². The monoisotopic (exact) mass is 170 g/mol. The van der Waals surface area contributed by atoms with Gasteiger partial charge in [-0.15, -0.1) is 0 Å². The third-order valence-corrected chi connectivity index (χ3v) is 1.52. The van der Waals surface area contributed by atoms with Crippen LogP contribution in [-0.4, -0.2) is 26.5 Å². The van der Waals surface area contributed by atoms with E-state index in [1.807, 2.05) is 6.21 Å². The Bertz CT molecular complexity index is 162. The van der Waals surface area contributed by atoms with Crippen molar-refractivity contribution in [2.75, 3.05) is 20.3 Å². The second-order valence-electron chi connectivity index (χ2n) is 2.85.